The maximum Gasteiger partial charge on any atom is 0.213 e. The molecule has 8 nitrogen and oxygen atoms in total. The van der Waals surface area contributed by atoms with Crippen molar-refractivity contribution in [3.05, 3.63) is 73.1 Å². The van der Waals surface area contributed by atoms with Gasteiger partial charge in [-0.15, -0.1) is 0 Å². The molecule has 1 N–H and O–H groups in total. The number of fused-ring (bicyclic) bond motifs is 3. The Kier molecular flexibility index (Phi) is 9.09. The highest BCUT2D eigenvalue weighted by Gasteiger charge is 2.20. The largest absolute Gasteiger partial charge is 0.474 e. The Labute approximate surface area is 242 Å². The molecule has 1 aliphatic carbocycles. The monoisotopic (exact) mass is 552 g/mol. The molecular weight excluding hydrogens is 512 g/mol. The summed E-state index contributed by atoms with van der Waals surface area (Å²) in [4.78, 5) is 19.4. The van der Waals surface area contributed by atoms with Crippen molar-refractivity contribution < 1.29 is 9.84 Å². The van der Waals surface area contributed by atoms with Crippen molar-refractivity contribution in [1.82, 2.24) is 24.5 Å². The first-order valence-corrected chi connectivity index (χ1v) is 14.7. The van der Waals surface area contributed by atoms with E-state index in [2.05, 4.69) is 66.8 Å². The minimum absolute atomic E-state index is 0.130. The summed E-state index contributed by atoms with van der Waals surface area (Å²) in [6, 6.07) is 14.6. The van der Waals surface area contributed by atoms with Gasteiger partial charge in [0.1, 0.15) is 17.7 Å². The van der Waals surface area contributed by atoms with Gasteiger partial charge in [0.25, 0.3) is 0 Å². The molecular formula is C33H40N6O2. The zero-order chi connectivity index (χ0) is 28.8. The first-order valence-electron chi connectivity index (χ1n) is 14.7. The first kappa shape index (κ1) is 28.5. The second kappa shape index (κ2) is 13.1. The van der Waals surface area contributed by atoms with Crippen LogP contribution in [-0.2, 0) is 7.05 Å². The lowest BCUT2D eigenvalue weighted by Gasteiger charge is -2.30. The highest BCUT2D eigenvalue weighted by Crippen LogP contribution is 2.32. The van der Waals surface area contributed by atoms with Crippen LogP contribution in [0.1, 0.15) is 51.8 Å². The summed E-state index contributed by atoms with van der Waals surface area (Å²) in [7, 11) is 2.10. The highest BCUT2D eigenvalue weighted by atomic mass is 16.5. The maximum absolute atomic E-state index is 9.37. The Morgan fingerprint density at radius 2 is 1.61 bits per heavy atom. The molecule has 7 rings (SSSR count). The molecule has 0 bridgehead atoms. The average Bonchev–Trinajstić information content (AvgIpc) is 3.28. The summed E-state index contributed by atoms with van der Waals surface area (Å²) in [6.07, 6.45) is 12.9. The number of aryl methyl sites for hydroxylation is 2. The van der Waals surface area contributed by atoms with E-state index in [-0.39, 0.29) is 6.10 Å². The number of ether oxygens (including phenoxy) is 1. The fourth-order valence-electron chi connectivity index (χ4n) is 5.23. The van der Waals surface area contributed by atoms with Crippen molar-refractivity contribution in [1.29, 1.82) is 0 Å². The number of hydrogen-bond donors (Lipinski definition) is 1. The van der Waals surface area contributed by atoms with Gasteiger partial charge in [-0.2, -0.15) is 0 Å². The average molecular weight is 553 g/mol. The molecule has 2 fully saturated rings. The smallest absolute Gasteiger partial charge is 0.213 e. The molecule has 5 heterocycles. The van der Waals surface area contributed by atoms with Crippen LogP contribution in [-0.4, -0.2) is 54.9 Å². The maximum atomic E-state index is 9.37. The van der Waals surface area contributed by atoms with E-state index < -0.39 is 0 Å². The van der Waals surface area contributed by atoms with Crippen molar-refractivity contribution in [2.24, 2.45) is 7.05 Å². The van der Waals surface area contributed by atoms with Gasteiger partial charge in [0.15, 0.2) is 0 Å². The number of hydrogen-bond acceptors (Lipinski definition) is 7. The fraction of sp³-hybridized carbons (Fsp3) is 0.394. The standard InChI is InChI=1S/C21H19N3O.C10H15N3O.C2H6/c1-24-19-9-10-22-13-18(19)17-7-5-14(11-20(17)24)15-6-8-21(23-12-15)25-16-3-2-4-16;1-8-11-5-2-10(12-8)13-6-3-9(14)4-7-13;1-2/h5-13,16H,2-4H2,1H3;2,5,9,14H,3-4,6-7H2,1H3;1-2H3. The summed E-state index contributed by atoms with van der Waals surface area (Å²) >= 11 is 0. The van der Waals surface area contributed by atoms with E-state index in [4.69, 9.17) is 4.74 Å². The minimum atomic E-state index is -0.130. The van der Waals surface area contributed by atoms with Gasteiger partial charge >= 0.3 is 0 Å². The van der Waals surface area contributed by atoms with Gasteiger partial charge in [-0.25, -0.2) is 15.0 Å². The molecule has 0 radical (unpaired) electrons. The molecule has 0 spiro atoms. The number of pyridine rings is 2. The Bertz CT molecular complexity index is 1570. The molecule has 4 aromatic heterocycles. The number of aliphatic hydroxyl groups excluding tert-OH is 1. The van der Waals surface area contributed by atoms with Gasteiger partial charge in [0.05, 0.1) is 11.6 Å². The molecule has 1 saturated heterocycles. The predicted molar refractivity (Wildman–Crippen MR) is 165 cm³/mol. The Morgan fingerprint density at radius 3 is 2.29 bits per heavy atom. The number of piperidine rings is 1. The molecule has 1 aliphatic heterocycles. The lowest BCUT2D eigenvalue weighted by molar-refractivity contribution is 0.114. The minimum Gasteiger partial charge on any atom is -0.474 e. The van der Waals surface area contributed by atoms with Crippen LogP contribution in [0.2, 0.25) is 0 Å². The van der Waals surface area contributed by atoms with Crippen molar-refractivity contribution >= 4 is 27.6 Å². The number of benzene rings is 1. The number of aromatic nitrogens is 5. The molecule has 2 aliphatic rings. The topological polar surface area (TPSA) is 89.2 Å². The molecule has 41 heavy (non-hydrogen) atoms. The summed E-state index contributed by atoms with van der Waals surface area (Å²) in [5, 5.41) is 11.8. The zero-order valence-corrected chi connectivity index (χ0v) is 24.5. The van der Waals surface area contributed by atoms with Crippen LogP contribution in [0.5, 0.6) is 5.88 Å². The Hall–Kier alpha value is -4.04. The van der Waals surface area contributed by atoms with Crippen LogP contribution in [0.25, 0.3) is 32.9 Å². The van der Waals surface area contributed by atoms with E-state index in [0.29, 0.717) is 6.10 Å². The number of anilines is 1. The van der Waals surface area contributed by atoms with Crippen LogP contribution >= 0.6 is 0 Å². The molecule has 8 heteroatoms. The molecule has 0 unspecified atom stereocenters. The van der Waals surface area contributed by atoms with Gasteiger partial charge in [0.2, 0.25) is 5.88 Å². The molecule has 5 aromatic rings. The normalized spacial score (nSPS) is 15.5. The second-order valence-electron chi connectivity index (χ2n) is 10.4. The van der Waals surface area contributed by atoms with E-state index in [9.17, 15) is 5.11 Å². The molecule has 214 valence electrons. The second-order valence-corrected chi connectivity index (χ2v) is 10.4. The van der Waals surface area contributed by atoms with Crippen LogP contribution in [0, 0.1) is 6.92 Å². The lowest BCUT2D eigenvalue weighted by Crippen LogP contribution is -2.36. The number of aliphatic hydroxyl groups is 1. The summed E-state index contributed by atoms with van der Waals surface area (Å²) in [5.74, 6) is 2.50. The van der Waals surface area contributed by atoms with E-state index in [0.717, 1.165) is 67.4 Å². The quantitative estimate of drug-likeness (QED) is 0.272. The molecule has 0 amide bonds. The van der Waals surface area contributed by atoms with Gasteiger partial charge in [-0.3, -0.25) is 4.98 Å². The van der Waals surface area contributed by atoms with Gasteiger partial charge in [-0.05, 0) is 68.9 Å². The van der Waals surface area contributed by atoms with E-state index in [1.807, 2.05) is 51.5 Å². The van der Waals surface area contributed by atoms with E-state index in [1.54, 1.807) is 6.20 Å². The van der Waals surface area contributed by atoms with Gasteiger partial charge < -0.3 is 19.3 Å². The zero-order valence-electron chi connectivity index (χ0n) is 24.5. The lowest BCUT2D eigenvalue weighted by atomic mass is 9.96. The van der Waals surface area contributed by atoms with Crippen LogP contribution in [0.3, 0.4) is 0 Å². The third-order valence-corrected chi connectivity index (χ3v) is 7.77. The summed E-state index contributed by atoms with van der Waals surface area (Å²) in [5.41, 5.74) is 4.67. The fourth-order valence-corrected chi connectivity index (χ4v) is 5.23. The predicted octanol–water partition coefficient (Wildman–Crippen LogP) is 6.49. The Balaban J connectivity index is 0.000000180. The van der Waals surface area contributed by atoms with Crippen LogP contribution < -0.4 is 9.64 Å². The van der Waals surface area contributed by atoms with Crippen molar-refractivity contribution in [2.75, 3.05) is 18.0 Å². The molecule has 1 saturated carbocycles. The van der Waals surface area contributed by atoms with Crippen molar-refractivity contribution in [3.63, 3.8) is 0 Å². The number of rotatable bonds is 4. The molecule has 0 atom stereocenters. The highest BCUT2D eigenvalue weighted by molar-refractivity contribution is 6.08. The van der Waals surface area contributed by atoms with Gasteiger partial charge in [-0.1, -0.05) is 26.0 Å². The van der Waals surface area contributed by atoms with Crippen LogP contribution in [0.4, 0.5) is 5.82 Å². The SMILES string of the molecule is CC.Cc1nccc(N2CCC(O)CC2)n1.Cn1c2ccncc2c2ccc(-c3ccc(OC4CCC4)nc3)cc21. The third kappa shape index (κ3) is 6.49. The number of nitrogens with zero attached hydrogens (tertiary/aromatic N) is 6. The first-order chi connectivity index (χ1) is 20.0. The molecule has 1 aromatic carbocycles. The third-order valence-electron chi connectivity index (χ3n) is 7.77. The summed E-state index contributed by atoms with van der Waals surface area (Å²) in [6.45, 7) is 7.66. The van der Waals surface area contributed by atoms with E-state index >= 15 is 0 Å². The van der Waals surface area contributed by atoms with E-state index in [1.165, 1.54) is 28.2 Å². The van der Waals surface area contributed by atoms with Crippen LogP contribution in [0.15, 0.2) is 67.3 Å². The summed E-state index contributed by atoms with van der Waals surface area (Å²) < 4.78 is 8.07. The Morgan fingerprint density at radius 1 is 0.829 bits per heavy atom. The van der Waals surface area contributed by atoms with Crippen molar-refractivity contribution in [2.45, 2.75) is 65.1 Å². The van der Waals surface area contributed by atoms with Crippen molar-refractivity contribution in [3.8, 4) is 17.0 Å². The van der Waals surface area contributed by atoms with Gasteiger partial charge in [0, 0.05) is 72.8 Å².